The molecule has 1 aromatic rings. The number of carbonyl (C=O) groups excluding carboxylic acids is 1. The van der Waals surface area contributed by atoms with Crippen molar-refractivity contribution >= 4 is 43.3 Å². The first-order valence-corrected chi connectivity index (χ1v) is 4.86. The SMILES string of the molecule is O=C(OP(=O)(O)O)c1ccccc1.[NaH]. The first-order chi connectivity index (χ1) is 5.99. The van der Waals surface area contributed by atoms with Gasteiger partial charge in [-0.2, -0.15) is 0 Å². The molecule has 0 saturated heterocycles. The minimum atomic E-state index is -4.74. The van der Waals surface area contributed by atoms with Gasteiger partial charge in [-0.15, -0.1) is 0 Å². The van der Waals surface area contributed by atoms with E-state index in [9.17, 15) is 9.36 Å². The fourth-order valence-electron chi connectivity index (χ4n) is 0.735. The molecule has 5 nitrogen and oxygen atoms in total. The maximum absolute atomic E-state index is 10.9. The van der Waals surface area contributed by atoms with E-state index in [2.05, 4.69) is 4.52 Å². The van der Waals surface area contributed by atoms with Gasteiger partial charge in [0.1, 0.15) is 0 Å². The molecule has 0 radical (unpaired) electrons. The topological polar surface area (TPSA) is 83.8 Å². The quantitative estimate of drug-likeness (QED) is 0.559. The zero-order chi connectivity index (χ0) is 9.90. The van der Waals surface area contributed by atoms with E-state index in [1.54, 1.807) is 18.2 Å². The first kappa shape index (κ1) is 13.8. The Morgan fingerprint density at radius 2 is 1.71 bits per heavy atom. The molecule has 0 fully saturated rings. The number of hydrogen-bond donors (Lipinski definition) is 2. The van der Waals surface area contributed by atoms with Gasteiger partial charge in [0, 0.05) is 0 Å². The molecule has 0 aliphatic heterocycles. The molecule has 7 heteroatoms. The van der Waals surface area contributed by atoms with Crippen molar-refractivity contribution in [1.82, 2.24) is 0 Å². The van der Waals surface area contributed by atoms with Gasteiger partial charge < -0.3 is 4.52 Å². The maximum atomic E-state index is 10.9. The van der Waals surface area contributed by atoms with E-state index >= 15 is 0 Å². The summed E-state index contributed by atoms with van der Waals surface area (Å²) < 4.78 is 14.1. The molecule has 0 unspecified atom stereocenters. The number of phosphoric ester groups is 1. The summed E-state index contributed by atoms with van der Waals surface area (Å²) in [4.78, 5) is 27.6. The van der Waals surface area contributed by atoms with Gasteiger partial charge in [0.15, 0.2) is 0 Å². The Balaban J connectivity index is 0.00000169. The number of benzene rings is 1. The van der Waals surface area contributed by atoms with Crippen LogP contribution < -0.4 is 0 Å². The van der Waals surface area contributed by atoms with E-state index in [1.165, 1.54) is 12.1 Å². The Kier molecular flexibility index (Phi) is 5.59. The molecule has 0 atom stereocenters. The second-order valence-electron chi connectivity index (χ2n) is 2.24. The molecular formula is C7H8NaO5P. The average molecular weight is 226 g/mol. The fourth-order valence-corrected chi connectivity index (χ4v) is 1.06. The van der Waals surface area contributed by atoms with Gasteiger partial charge in [0.25, 0.3) is 0 Å². The van der Waals surface area contributed by atoms with Crippen molar-refractivity contribution in [2.45, 2.75) is 0 Å². The van der Waals surface area contributed by atoms with Gasteiger partial charge in [-0.3, -0.25) is 9.79 Å². The van der Waals surface area contributed by atoms with E-state index in [4.69, 9.17) is 9.79 Å². The van der Waals surface area contributed by atoms with Crippen LogP contribution in [0.25, 0.3) is 0 Å². The molecule has 14 heavy (non-hydrogen) atoms. The summed E-state index contributed by atoms with van der Waals surface area (Å²) in [7, 11) is -4.74. The van der Waals surface area contributed by atoms with E-state index in [0.29, 0.717) is 0 Å². The predicted molar refractivity (Wildman–Crippen MR) is 51.1 cm³/mol. The van der Waals surface area contributed by atoms with E-state index in [1.807, 2.05) is 0 Å². The predicted octanol–water partition coefficient (Wildman–Crippen LogP) is 0.288. The van der Waals surface area contributed by atoms with Crippen LogP contribution in [0.2, 0.25) is 0 Å². The van der Waals surface area contributed by atoms with Crippen LogP contribution in [0.4, 0.5) is 0 Å². The molecule has 0 amide bonds. The zero-order valence-corrected chi connectivity index (χ0v) is 7.35. The third-order valence-electron chi connectivity index (χ3n) is 1.21. The Bertz CT molecular complexity index is 346. The van der Waals surface area contributed by atoms with Crippen LogP contribution in [-0.2, 0) is 9.09 Å². The zero-order valence-electron chi connectivity index (χ0n) is 6.45. The standard InChI is InChI=1S/C7H7O5P.Na.H/c8-7(12-13(9,10)11)6-4-2-1-3-5-6;;/h1-5H,(H2,9,10,11);;. The third kappa shape index (κ3) is 4.91. The fraction of sp³-hybridized carbons (Fsp3) is 0. The minimum absolute atomic E-state index is 0. The summed E-state index contributed by atoms with van der Waals surface area (Å²) in [5, 5.41) is 0. The van der Waals surface area contributed by atoms with Gasteiger partial charge in [0.05, 0.1) is 5.56 Å². The van der Waals surface area contributed by atoms with E-state index in [0.717, 1.165) is 0 Å². The Labute approximate surface area is 103 Å². The average Bonchev–Trinajstić information content (AvgIpc) is 2.03. The molecule has 0 heterocycles. The molecule has 0 spiro atoms. The van der Waals surface area contributed by atoms with Crippen molar-refractivity contribution in [3.8, 4) is 0 Å². The second kappa shape index (κ2) is 5.66. The number of phosphoric acid groups is 1. The van der Waals surface area contributed by atoms with Gasteiger partial charge in [-0.25, -0.2) is 9.36 Å². The normalized spacial score (nSPS) is 10.1. The Hall–Kier alpha value is -0.160. The first-order valence-electron chi connectivity index (χ1n) is 3.33. The molecule has 1 aromatic carbocycles. The second-order valence-corrected chi connectivity index (χ2v) is 3.40. The Morgan fingerprint density at radius 1 is 1.21 bits per heavy atom. The molecule has 0 aliphatic rings. The van der Waals surface area contributed by atoms with Crippen LogP contribution in [0.15, 0.2) is 30.3 Å². The summed E-state index contributed by atoms with van der Waals surface area (Å²) in [6.07, 6.45) is 0. The molecule has 2 N–H and O–H groups in total. The molecule has 0 aromatic heterocycles. The number of rotatable bonds is 2. The van der Waals surface area contributed by atoms with Crippen LogP contribution in [0, 0.1) is 0 Å². The van der Waals surface area contributed by atoms with Crippen molar-refractivity contribution in [3.05, 3.63) is 35.9 Å². The van der Waals surface area contributed by atoms with E-state index < -0.39 is 13.8 Å². The summed E-state index contributed by atoms with van der Waals surface area (Å²) in [5.41, 5.74) is 0.103. The van der Waals surface area contributed by atoms with Crippen LogP contribution >= 0.6 is 7.82 Å². The van der Waals surface area contributed by atoms with Crippen LogP contribution in [0.3, 0.4) is 0 Å². The summed E-state index contributed by atoms with van der Waals surface area (Å²) in [6, 6.07) is 7.61. The summed E-state index contributed by atoms with van der Waals surface area (Å²) >= 11 is 0. The van der Waals surface area contributed by atoms with Gasteiger partial charge in [-0.05, 0) is 12.1 Å². The van der Waals surface area contributed by atoms with Gasteiger partial charge in [-0.1, -0.05) is 18.2 Å². The molecule has 72 valence electrons. The summed E-state index contributed by atoms with van der Waals surface area (Å²) in [6.45, 7) is 0. The van der Waals surface area contributed by atoms with Crippen molar-refractivity contribution in [2.75, 3.05) is 0 Å². The van der Waals surface area contributed by atoms with Crippen molar-refractivity contribution in [2.24, 2.45) is 0 Å². The molecular weight excluding hydrogens is 218 g/mol. The van der Waals surface area contributed by atoms with Gasteiger partial charge >= 0.3 is 43.3 Å². The molecule has 1 rings (SSSR count). The number of carbonyl (C=O) groups is 1. The molecule has 0 aliphatic carbocycles. The molecule has 0 bridgehead atoms. The van der Waals surface area contributed by atoms with E-state index in [-0.39, 0.29) is 35.1 Å². The third-order valence-corrected chi connectivity index (χ3v) is 1.61. The molecule has 0 saturated carbocycles. The summed E-state index contributed by atoms with van der Waals surface area (Å²) in [5.74, 6) is -1.03. The van der Waals surface area contributed by atoms with Crippen molar-refractivity contribution < 1.29 is 23.7 Å². The van der Waals surface area contributed by atoms with Crippen LogP contribution in [0.5, 0.6) is 0 Å². The van der Waals surface area contributed by atoms with Crippen LogP contribution in [0.1, 0.15) is 10.4 Å². The van der Waals surface area contributed by atoms with Crippen molar-refractivity contribution in [3.63, 3.8) is 0 Å². The van der Waals surface area contributed by atoms with Crippen LogP contribution in [-0.4, -0.2) is 45.3 Å². The number of hydrogen-bond acceptors (Lipinski definition) is 3. The Morgan fingerprint density at radius 3 is 2.14 bits per heavy atom. The monoisotopic (exact) mass is 226 g/mol. The van der Waals surface area contributed by atoms with Crippen molar-refractivity contribution in [1.29, 1.82) is 0 Å². The van der Waals surface area contributed by atoms with Gasteiger partial charge in [0.2, 0.25) is 0 Å².